The fraction of sp³-hybridized carbons (Fsp3) is 0.217. The van der Waals surface area contributed by atoms with E-state index in [9.17, 15) is 9.90 Å². The van der Waals surface area contributed by atoms with E-state index in [1.54, 1.807) is 12.1 Å². The summed E-state index contributed by atoms with van der Waals surface area (Å²) in [5.41, 5.74) is 3.89. The Morgan fingerprint density at radius 2 is 1.91 bits per heavy atom. The van der Waals surface area contributed by atoms with Crippen LogP contribution < -0.4 is 15.0 Å². The number of rotatable bonds is 4. The van der Waals surface area contributed by atoms with Crippen LogP contribution in [0.15, 0.2) is 47.0 Å². The fourth-order valence-electron chi connectivity index (χ4n) is 3.91. The van der Waals surface area contributed by atoms with Crippen molar-refractivity contribution in [3.8, 4) is 17.0 Å². The Hall–Kier alpha value is -3.49. The molecule has 0 spiro atoms. The lowest BCUT2D eigenvalue weighted by molar-refractivity contribution is -0.110. The number of amides is 1. The molecular weight excluding hydrogens is 434 g/mol. The predicted molar refractivity (Wildman–Crippen MR) is 121 cm³/mol. The molecule has 9 heteroatoms. The Bertz CT molecular complexity index is 1210. The number of fused-ring (bicyclic) bond motifs is 1. The van der Waals surface area contributed by atoms with Crippen LogP contribution in [-0.2, 0) is 9.53 Å². The van der Waals surface area contributed by atoms with Gasteiger partial charge < -0.3 is 29.3 Å². The molecule has 2 aromatic carbocycles. The molecule has 0 aliphatic carbocycles. The number of carbonyl (C=O) groups excluding carboxylic acids is 1. The molecule has 8 nitrogen and oxygen atoms in total. The number of hydrogen-bond donors (Lipinski definition) is 2. The largest absolute Gasteiger partial charge is 0.504 e. The first-order valence-corrected chi connectivity index (χ1v) is 10.5. The maximum Gasteiger partial charge on any atom is 0.260 e. The summed E-state index contributed by atoms with van der Waals surface area (Å²) in [6.45, 7) is 3.14. The number of halogens is 1. The summed E-state index contributed by atoms with van der Waals surface area (Å²) in [5.74, 6) is -0.550. The second-order valence-electron chi connectivity index (χ2n) is 7.44. The van der Waals surface area contributed by atoms with Crippen LogP contribution in [0.5, 0.6) is 5.88 Å². The molecule has 0 bridgehead atoms. The molecule has 2 aliphatic heterocycles. The molecule has 2 aliphatic rings. The zero-order chi connectivity index (χ0) is 22.2. The molecule has 3 aromatic rings. The van der Waals surface area contributed by atoms with E-state index >= 15 is 0 Å². The number of aromatic nitrogens is 1. The van der Waals surface area contributed by atoms with E-state index < -0.39 is 5.91 Å². The molecule has 2 N–H and O–H groups in total. The van der Waals surface area contributed by atoms with Crippen molar-refractivity contribution in [1.29, 1.82) is 0 Å². The number of morpholine rings is 1. The van der Waals surface area contributed by atoms with E-state index in [4.69, 9.17) is 25.6 Å². The van der Waals surface area contributed by atoms with Gasteiger partial charge in [0.1, 0.15) is 0 Å². The quantitative estimate of drug-likeness (QED) is 0.451. The average molecular weight is 454 g/mol. The van der Waals surface area contributed by atoms with E-state index in [1.807, 2.05) is 24.3 Å². The highest BCUT2D eigenvalue weighted by atomic mass is 35.5. The molecule has 32 heavy (non-hydrogen) atoms. The van der Waals surface area contributed by atoms with Crippen LogP contribution in [0.1, 0.15) is 11.3 Å². The first-order valence-electron chi connectivity index (χ1n) is 10.1. The second-order valence-corrected chi connectivity index (χ2v) is 7.84. The lowest BCUT2D eigenvalue weighted by atomic mass is 9.98. The summed E-state index contributed by atoms with van der Waals surface area (Å²) in [4.78, 5) is 14.9. The number of hydrogen-bond acceptors (Lipinski definition) is 7. The van der Waals surface area contributed by atoms with Crippen molar-refractivity contribution >= 4 is 40.2 Å². The molecule has 164 valence electrons. The molecule has 1 fully saturated rings. The number of nitrogens with one attached hydrogen (secondary N) is 1. The summed E-state index contributed by atoms with van der Waals surface area (Å²) < 4.78 is 15.5. The number of aliphatic hydroxyl groups excluding tert-OH is 1. The Kier molecular flexibility index (Phi) is 5.24. The molecular formula is C23H20ClN3O5. The summed E-state index contributed by atoms with van der Waals surface area (Å²) in [6, 6.07) is 13.0. The Labute approximate surface area is 189 Å². The van der Waals surface area contributed by atoms with Crippen LogP contribution in [0.4, 0.5) is 11.4 Å². The number of benzene rings is 2. The number of carbonyl (C=O) groups is 1. The Balaban J connectivity index is 1.53. The highest BCUT2D eigenvalue weighted by Crippen LogP contribution is 2.42. The molecule has 1 aromatic heterocycles. The van der Waals surface area contributed by atoms with Gasteiger partial charge in [0.15, 0.2) is 5.76 Å². The van der Waals surface area contributed by atoms with Crippen LogP contribution in [-0.4, -0.2) is 49.6 Å². The maximum atomic E-state index is 12.6. The maximum absolute atomic E-state index is 12.6. The zero-order valence-corrected chi connectivity index (χ0v) is 18.0. The van der Waals surface area contributed by atoms with Crippen LogP contribution in [0.25, 0.3) is 22.5 Å². The molecule has 5 rings (SSSR count). The average Bonchev–Trinajstić information content (AvgIpc) is 3.42. The smallest absolute Gasteiger partial charge is 0.260 e. The van der Waals surface area contributed by atoms with Gasteiger partial charge in [0, 0.05) is 29.9 Å². The van der Waals surface area contributed by atoms with Crippen molar-refractivity contribution < 1.29 is 23.9 Å². The van der Waals surface area contributed by atoms with Gasteiger partial charge in [0.25, 0.3) is 11.8 Å². The van der Waals surface area contributed by atoms with Crippen LogP contribution in [0.3, 0.4) is 0 Å². The SMILES string of the molecule is COc1cc(C(O)=C2C(=O)Nc3cc(Cl)c(-c4ccc(N5CCOCC5)cc4)cc32)on1. The lowest BCUT2D eigenvalue weighted by Gasteiger charge is -2.29. The third-order valence-corrected chi connectivity index (χ3v) is 5.89. The molecule has 0 unspecified atom stereocenters. The number of methoxy groups -OCH3 is 1. The van der Waals surface area contributed by atoms with Crippen LogP contribution in [0.2, 0.25) is 5.02 Å². The van der Waals surface area contributed by atoms with E-state index in [2.05, 4.69) is 15.4 Å². The van der Waals surface area contributed by atoms with Gasteiger partial charge in [-0.1, -0.05) is 23.7 Å². The van der Waals surface area contributed by atoms with E-state index in [-0.39, 0.29) is 23.0 Å². The number of aliphatic hydroxyl groups is 1. The van der Waals surface area contributed by atoms with E-state index in [0.29, 0.717) is 16.3 Å². The minimum Gasteiger partial charge on any atom is -0.504 e. The third kappa shape index (κ3) is 3.57. The van der Waals surface area contributed by atoms with Crippen molar-refractivity contribution in [2.75, 3.05) is 43.6 Å². The van der Waals surface area contributed by atoms with Gasteiger partial charge in [-0.2, -0.15) is 0 Å². The summed E-state index contributed by atoms with van der Waals surface area (Å²) in [7, 11) is 1.43. The van der Waals surface area contributed by atoms with Crippen molar-refractivity contribution in [2.24, 2.45) is 0 Å². The topological polar surface area (TPSA) is 97.1 Å². The monoisotopic (exact) mass is 453 g/mol. The lowest BCUT2D eigenvalue weighted by Crippen LogP contribution is -2.36. The number of anilines is 2. The first kappa shape index (κ1) is 20.4. The molecule has 0 atom stereocenters. The number of nitrogens with zero attached hydrogens (tertiary/aromatic N) is 2. The van der Waals surface area contributed by atoms with Gasteiger partial charge in [-0.25, -0.2) is 0 Å². The highest BCUT2D eigenvalue weighted by molar-refractivity contribution is 6.38. The Morgan fingerprint density at radius 1 is 1.16 bits per heavy atom. The summed E-state index contributed by atoms with van der Waals surface area (Å²) >= 11 is 6.54. The van der Waals surface area contributed by atoms with Gasteiger partial charge in [0.2, 0.25) is 5.76 Å². The molecule has 3 heterocycles. The van der Waals surface area contributed by atoms with Crippen LogP contribution in [0, 0.1) is 0 Å². The molecule has 1 saturated heterocycles. The van der Waals surface area contributed by atoms with Crippen molar-refractivity contribution in [3.63, 3.8) is 0 Å². The molecule has 1 amide bonds. The van der Waals surface area contributed by atoms with Crippen molar-refractivity contribution in [1.82, 2.24) is 5.16 Å². The number of ether oxygens (including phenoxy) is 2. The third-order valence-electron chi connectivity index (χ3n) is 5.57. The second kappa shape index (κ2) is 8.22. The van der Waals surface area contributed by atoms with Gasteiger partial charge in [0.05, 0.1) is 42.7 Å². The minimum absolute atomic E-state index is 0.0335. The normalized spacial score (nSPS) is 17.2. The van der Waals surface area contributed by atoms with Crippen molar-refractivity contribution in [2.45, 2.75) is 0 Å². The van der Waals surface area contributed by atoms with Gasteiger partial charge in [-0.05, 0) is 35.0 Å². The minimum atomic E-state index is -0.455. The predicted octanol–water partition coefficient (Wildman–Crippen LogP) is 4.22. The molecule has 0 radical (unpaired) electrons. The standard InChI is InChI=1S/C23H20ClN3O5/c1-30-20-12-19(32-26-20)22(28)21-16-10-15(17(24)11-18(16)25-23(21)29)13-2-4-14(5-3-13)27-6-8-31-9-7-27/h2-5,10-12,28H,6-9H2,1H3,(H,25,29). The van der Waals surface area contributed by atoms with Crippen LogP contribution >= 0.6 is 11.6 Å². The first-order chi connectivity index (χ1) is 15.5. The fourth-order valence-corrected chi connectivity index (χ4v) is 4.18. The van der Waals surface area contributed by atoms with Gasteiger partial charge in [-0.15, -0.1) is 0 Å². The zero-order valence-electron chi connectivity index (χ0n) is 17.2. The molecule has 0 saturated carbocycles. The van der Waals surface area contributed by atoms with E-state index in [0.717, 1.165) is 43.1 Å². The highest BCUT2D eigenvalue weighted by Gasteiger charge is 2.31. The summed E-state index contributed by atoms with van der Waals surface area (Å²) in [5, 5.41) is 17.6. The Morgan fingerprint density at radius 3 is 2.59 bits per heavy atom. The van der Waals surface area contributed by atoms with Crippen molar-refractivity contribution in [3.05, 3.63) is 58.8 Å². The van der Waals surface area contributed by atoms with Gasteiger partial charge in [-0.3, -0.25) is 4.79 Å². The van der Waals surface area contributed by atoms with E-state index in [1.165, 1.54) is 13.2 Å². The summed E-state index contributed by atoms with van der Waals surface area (Å²) in [6.07, 6.45) is 0. The van der Waals surface area contributed by atoms with Gasteiger partial charge >= 0.3 is 0 Å².